The number of hydrogen-bond donors (Lipinski definition) is 2. The van der Waals surface area contributed by atoms with Crippen molar-refractivity contribution in [2.24, 2.45) is 0 Å². The van der Waals surface area contributed by atoms with Crippen LogP contribution in [0.15, 0.2) is 66.9 Å². The summed E-state index contributed by atoms with van der Waals surface area (Å²) in [6, 6.07) is 18.3. The molecule has 0 aliphatic rings. The average molecular weight is 319 g/mol. The van der Waals surface area contributed by atoms with Crippen molar-refractivity contribution in [1.29, 1.82) is 0 Å². The number of carbonyl (C=O) groups excluding carboxylic acids is 2. The predicted octanol–water partition coefficient (Wildman–Crippen LogP) is 2.99. The van der Waals surface area contributed by atoms with E-state index in [1.165, 1.54) is 0 Å². The number of anilines is 1. The van der Waals surface area contributed by atoms with Crippen LogP contribution in [0, 0.1) is 0 Å². The van der Waals surface area contributed by atoms with Crippen molar-refractivity contribution in [2.45, 2.75) is 6.42 Å². The van der Waals surface area contributed by atoms with Crippen LogP contribution in [0.1, 0.15) is 16.8 Å². The molecule has 0 saturated carbocycles. The molecule has 5 heteroatoms. The monoisotopic (exact) mass is 319 g/mol. The number of hydrogen-bond acceptors (Lipinski definition) is 3. The molecule has 0 saturated heterocycles. The molecule has 0 radical (unpaired) electrons. The third-order valence-electron chi connectivity index (χ3n) is 3.58. The van der Waals surface area contributed by atoms with Gasteiger partial charge < -0.3 is 10.6 Å². The fourth-order valence-corrected chi connectivity index (χ4v) is 2.40. The second-order valence-electron chi connectivity index (χ2n) is 5.30. The highest BCUT2D eigenvalue weighted by Gasteiger charge is 2.08. The Morgan fingerprint density at radius 3 is 2.54 bits per heavy atom. The highest BCUT2D eigenvalue weighted by Crippen LogP contribution is 2.20. The van der Waals surface area contributed by atoms with Gasteiger partial charge in [-0.1, -0.05) is 36.4 Å². The maximum atomic E-state index is 12.1. The second kappa shape index (κ2) is 7.37. The summed E-state index contributed by atoms with van der Waals surface area (Å²) in [5, 5.41) is 6.55. The lowest BCUT2D eigenvalue weighted by Gasteiger charge is -2.08. The zero-order valence-corrected chi connectivity index (χ0v) is 13.0. The van der Waals surface area contributed by atoms with Gasteiger partial charge in [0.05, 0.1) is 11.2 Å². The van der Waals surface area contributed by atoms with Crippen LogP contribution in [0.4, 0.5) is 5.69 Å². The first-order valence-corrected chi connectivity index (χ1v) is 7.71. The number of para-hydroxylation sites is 1. The molecule has 1 aromatic heterocycles. The van der Waals surface area contributed by atoms with E-state index in [1.807, 2.05) is 36.4 Å². The molecule has 0 unspecified atom stereocenters. The average Bonchev–Trinajstić information content (AvgIpc) is 2.63. The lowest BCUT2D eigenvalue weighted by atomic mass is 10.2. The molecule has 1 heterocycles. The third kappa shape index (κ3) is 3.76. The molecule has 5 nitrogen and oxygen atoms in total. The SMILES string of the molecule is O=C(CCNC(=O)c1ccccc1)Nc1cccc2cccnc12. The van der Waals surface area contributed by atoms with Crippen LogP contribution in [0.25, 0.3) is 10.9 Å². The van der Waals surface area contributed by atoms with Gasteiger partial charge in [-0.05, 0) is 24.3 Å². The van der Waals surface area contributed by atoms with Crippen LogP contribution in [-0.4, -0.2) is 23.3 Å². The summed E-state index contributed by atoms with van der Waals surface area (Å²) in [5.41, 5.74) is 2.00. The van der Waals surface area contributed by atoms with Gasteiger partial charge in [-0.2, -0.15) is 0 Å². The van der Waals surface area contributed by atoms with Crippen LogP contribution in [0.2, 0.25) is 0 Å². The normalized spacial score (nSPS) is 10.3. The summed E-state index contributed by atoms with van der Waals surface area (Å²) < 4.78 is 0. The maximum Gasteiger partial charge on any atom is 0.251 e. The smallest absolute Gasteiger partial charge is 0.251 e. The standard InChI is InChI=1S/C19H17N3O2/c23-17(11-13-21-19(24)15-6-2-1-3-7-15)22-16-10-4-8-14-9-5-12-20-18(14)16/h1-10,12H,11,13H2,(H,21,24)(H,22,23). The second-order valence-corrected chi connectivity index (χ2v) is 5.30. The van der Waals surface area contributed by atoms with E-state index in [-0.39, 0.29) is 24.8 Å². The fourth-order valence-electron chi connectivity index (χ4n) is 2.40. The van der Waals surface area contributed by atoms with Gasteiger partial charge in [-0.3, -0.25) is 14.6 Å². The molecule has 3 aromatic rings. The summed E-state index contributed by atoms with van der Waals surface area (Å²) in [6.45, 7) is 0.276. The molecule has 0 aliphatic carbocycles. The highest BCUT2D eigenvalue weighted by molar-refractivity contribution is 6.00. The summed E-state index contributed by atoms with van der Waals surface area (Å²) in [6.07, 6.45) is 1.89. The molecule has 2 N–H and O–H groups in total. The van der Waals surface area contributed by atoms with Crippen LogP contribution in [-0.2, 0) is 4.79 Å². The lowest BCUT2D eigenvalue weighted by Crippen LogP contribution is -2.27. The Bertz CT molecular complexity index is 857. The topological polar surface area (TPSA) is 71.1 Å². The molecule has 3 rings (SSSR count). The Hall–Kier alpha value is -3.21. The Labute approximate surface area is 139 Å². The van der Waals surface area contributed by atoms with Crippen molar-refractivity contribution in [3.8, 4) is 0 Å². The molecule has 0 spiro atoms. The maximum absolute atomic E-state index is 12.1. The van der Waals surface area contributed by atoms with Gasteiger partial charge in [0, 0.05) is 30.1 Å². The van der Waals surface area contributed by atoms with Crippen LogP contribution in [0.3, 0.4) is 0 Å². The zero-order valence-electron chi connectivity index (χ0n) is 13.0. The van der Waals surface area contributed by atoms with Crippen molar-refractivity contribution >= 4 is 28.4 Å². The van der Waals surface area contributed by atoms with Crippen molar-refractivity contribution in [3.05, 3.63) is 72.4 Å². The highest BCUT2D eigenvalue weighted by atomic mass is 16.2. The molecule has 0 fully saturated rings. The minimum Gasteiger partial charge on any atom is -0.352 e. The van der Waals surface area contributed by atoms with E-state index in [2.05, 4.69) is 15.6 Å². The van der Waals surface area contributed by atoms with Gasteiger partial charge in [0.15, 0.2) is 0 Å². The molecule has 0 bridgehead atoms. The van der Waals surface area contributed by atoms with E-state index in [9.17, 15) is 9.59 Å². The zero-order chi connectivity index (χ0) is 16.8. The third-order valence-corrected chi connectivity index (χ3v) is 3.58. The Balaban J connectivity index is 1.55. The van der Waals surface area contributed by atoms with Gasteiger partial charge in [0.25, 0.3) is 5.91 Å². The molecule has 24 heavy (non-hydrogen) atoms. The largest absolute Gasteiger partial charge is 0.352 e. The molecule has 0 atom stereocenters. The van der Waals surface area contributed by atoms with Gasteiger partial charge in [-0.25, -0.2) is 0 Å². The number of nitrogens with zero attached hydrogens (tertiary/aromatic N) is 1. The van der Waals surface area contributed by atoms with E-state index < -0.39 is 0 Å². The first-order valence-electron chi connectivity index (χ1n) is 7.71. The molecular formula is C19H17N3O2. The van der Waals surface area contributed by atoms with Crippen LogP contribution < -0.4 is 10.6 Å². The molecule has 2 amide bonds. The van der Waals surface area contributed by atoms with E-state index in [0.29, 0.717) is 11.3 Å². The summed E-state index contributed by atoms with van der Waals surface area (Å²) in [5.74, 6) is -0.350. The number of aromatic nitrogens is 1. The fraction of sp³-hybridized carbons (Fsp3) is 0.105. The van der Waals surface area contributed by atoms with Crippen LogP contribution in [0.5, 0.6) is 0 Å². The van der Waals surface area contributed by atoms with Crippen molar-refractivity contribution in [1.82, 2.24) is 10.3 Å². The Morgan fingerprint density at radius 2 is 1.71 bits per heavy atom. The molecule has 120 valence electrons. The number of benzene rings is 2. The van der Waals surface area contributed by atoms with Crippen molar-refractivity contribution < 1.29 is 9.59 Å². The number of nitrogens with one attached hydrogen (secondary N) is 2. The number of rotatable bonds is 5. The Morgan fingerprint density at radius 1 is 0.917 bits per heavy atom. The van der Waals surface area contributed by atoms with E-state index >= 15 is 0 Å². The summed E-state index contributed by atoms with van der Waals surface area (Å²) in [7, 11) is 0. The van der Waals surface area contributed by atoms with E-state index in [4.69, 9.17) is 0 Å². The first kappa shape index (κ1) is 15.7. The minimum absolute atomic E-state index is 0.165. The van der Waals surface area contributed by atoms with Crippen molar-refractivity contribution in [2.75, 3.05) is 11.9 Å². The summed E-state index contributed by atoms with van der Waals surface area (Å²) in [4.78, 5) is 28.3. The van der Waals surface area contributed by atoms with E-state index in [1.54, 1.807) is 30.5 Å². The van der Waals surface area contributed by atoms with Crippen LogP contribution >= 0.6 is 0 Å². The number of fused-ring (bicyclic) bond motifs is 1. The Kier molecular flexibility index (Phi) is 4.81. The first-order chi connectivity index (χ1) is 11.7. The minimum atomic E-state index is -0.185. The molecular weight excluding hydrogens is 302 g/mol. The van der Waals surface area contributed by atoms with Gasteiger partial charge >= 0.3 is 0 Å². The number of pyridine rings is 1. The quantitative estimate of drug-likeness (QED) is 0.759. The number of carbonyl (C=O) groups is 2. The summed E-state index contributed by atoms with van der Waals surface area (Å²) >= 11 is 0. The molecule has 0 aliphatic heterocycles. The lowest BCUT2D eigenvalue weighted by molar-refractivity contribution is -0.116. The number of amides is 2. The van der Waals surface area contributed by atoms with Gasteiger partial charge in [0.1, 0.15) is 0 Å². The van der Waals surface area contributed by atoms with Gasteiger partial charge in [-0.15, -0.1) is 0 Å². The van der Waals surface area contributed by atoms with Crippen molar-refractivity contribution in [3.63, 3.8) is 0 Å². The predicted molar refractivity (Wildman–Crippen MR) is 93.8 cm³/mol. The van der Waals surface area contributed by atoms with Gasteiger partial charge in [0.2, 0.25) is 5.91 Å². The molecule has 2 aromatic carbocycles. The van der Waals surface area contributed by atoms with E-state index in [0.717, 1.165) is 10.9 Å².